The van der Waals surface area contributed by atoms with Crippen molar-refractivity contribution in [2.45, 2.75) is 12.1 Å². The number of esters is 1. The van der Waals surface area contributed by atoms with Crippen molar-refractivity contribution in [1.29, 1.82) is 0 Å². The summed E-state index contributed by atoms with van der Waals surface area (Å²) in [6, 6.07) is 15.8. The first-order valence-corrected chi connectivity index (χ1v) is 11.6. The molecular formula is C23H23N7O4S. The Hall–Kier alpha value is -4.32. The van der Waals surface area contributed by atoms with Crippen molar-refractivity contribution in [2.75, 3.05) is 30.6 Å². The summed E-state index contributed by atoms with van der Waals surface area (Å²) >= 11 is 1.14. The van der Waals surface area contributed by atoms with Crippen LogP contribution in [0.2, 0.25) is 0 Å². The number of nitrogen functional groups attached to an aromatic ring is 1. The van der Waals surface area contributed by atoms with Crippen molar-refractivity contribution in [3.05, 3.63) is 60.2 Å². The fourth-order valence-corrected chi connectivity index (χ4v) is 3.79. The van der Waals surface area contributed by atoms with Crippen LogP contribution in [-0.4, -0.2) is 56.4 Å². The molecule has 2 heterocycles. The van der Waals surface area contributed by atoms with E-state index in [-0.39, 0.29) is 11.7 Å². The molecule has 4 aromatic rings. The largest absolute Gasteiger partial charge is 0.497 e. The van der Waals surface area contributed by atoms with E-state index in [1.54, 1.807) is 38.3 Å². The molecular weight excluding hydrogens is 470 g/mol. The Labute approximate surface area is 205 Å². The predicted octanol–water partition coefficient (Wildman–Crippen LogP) is 2.97. The number of benzene rings is 2. The molecule has 0 fully saturated rings. The Balaban J connectivity index is 1.36. The molecule has 0 aliphatic heterocycles. The molecule has 0 bridgehead atoms. The fourth-order valence-electron chi connectivity index (χ4n) is 3.14. The van der Waals surface area contributed by atoms with E-state index in [1.165, 1.54) is 4.68 Å². The molecule has 4 N–H and O–H groups in total. The Kier molecular flexibility index (Phi) is 7.31. The number of carbonyl (C=O) groups excluding carboxylic acids is 2. The number of amides is 1. The molecule has 35 heavy (non-hydrogen) atoms. The maximum Gasteiger partial charge on any atom is 0.338 e. The minimum atomic E-state index is -0.410. The maximum absolute atomic E-state index is 12.4. The Morgan fingerprint density at radius 3 is 2.54 bits per heavy atom. The second kappa shape index (κ2) is 10.7. The first-order valence-electron chi connectivity index (χ1n) is 10.6. The molecule has 0 aliphatic rings. The Bertz CT molecular complexity index is 1320. The number of anilines is 1. The van der Waals surface area contributed by atoms with Gasteiger partial charge in [-0.05, 0) is 61.5 Å². The highest BCUT2D eigenvalue weighted by Crippen LogP contribution is 2.26. The molecule has 0 spiro atoms. The van der Waals surface area contributed by atoms with E-state index < -0.39 is 5.97 Å². The van der Waals surface area contributed by atoms with Crippen LogP contribution in [0.3, 0.4) is 0 Å². The number of nitrogens with two attached hydrogens (primary N) is 1. The van der Waals surface area contributed by atoms with Crippen molar-refractivity contribution < 1.29 is 19.1 Å². The first kappa shape index (κ1) is 23.8. The van der Waals surface area contributed by atoms with Crippen LogP contribution >= 0.6 is 11.8 Å². The second-order valence-corrected chi connectivity index (χ2v) is 8.15. The quantitative estimate of drug-likeness (QED) is 0.182. The highest BCUT2D eigenvalue weighted by Gasteiger charge is 2.17. The molecule has 0 unspecified atom stereocenters. The molecule has 0 radical (unpaired) electrons. The predicted molar refractivity (Wildman–Crippen MR) is 131 cm³/mol. The van der Waals surface area contributed by atoms with Gasteiger partial charge in [0.25, 0.3) is 0 Å². The van der Waals surface area contributed by atoms with Gasteiger partial charge in [0, 0.05) is 11.3 Å². The number of aromatic nitrogens is 5. The number of hydrogen-bond donors (Lipinski definition) is 3. The summed E-state index contributed by atoms with van der Waals surface area (Å²) in [6.45, 7) is 2.04. The molecule has 0 aliphatic carbocycles. The third-order valence-electron chi connectivity index (χ3n) is 4.88. The normalized spacial score (nSPS) is 10.7. The van der Waals surface area contributed by atoms with Crippen LogP contribution in [-0.2, 0) is 9.53 Å². The summed E-state index contributed by atoms with van der Waals surface area (Å²) in [5, 5.41) is 18.6. The van der Waals surface area contributed by atoms with Gasteiger partial charge in [0.05, 0.1) is 30.7 Å². The van der Waals surface area contributed by atoms with Gasteiger partial charge < -0.3 is 20.6 Å². The van der Waals surface area contributed by atoms with Gasteiger partial charge in [-0.15, -0.1) is 10.2 Å². The van der Waals surface area contributed by atoms with Crippen LogP contribution in [0.1, 0.15) is 17.3 Å². The molecule has 0 saturated carbocycles. The van der Waals surface area contributed by atoms with Crippen molar-refractivity contribution in [3.8, 4) is 28.5 Å². The second-order valence-electron chi connectivity index (χ2n) is 7.21. The van der Waals surface area contributed by atoms with Crippen LogP contribution in [0.15, 0.2) is 59.8 Å². The number of carbonyl (C=O) groups is 2. The summed E-state index contributed by atoms with van der Waals surface area (Å²) in [5.74, 6) is 6.70. The van der Waals surface area contributed by atoms with Crippen LogP contribution in [0, 0.1) is 0 Å². The number of nitrogens with zero attached hydrogens (tertiary/aromatic N) is 4. The molecule has 0 atom stereocenters. The number of thioether (sulfide) groups is 1. The highest BCUT2D eigenvalue weighted by molar-refractivity contribution is 7.99. The lowest BCUT2D eigenvalue weighted by atomic mass is 10.1. The maximum atomic E-state index is 12.4. The van der Waals surface area contributed by atoms with Gasteiger partial charge in [-0.2, -0.15) is 5.10 Å². The van der Waals surface area contributed by atoms with Crippen molar-refractivity contribution in [1.82, 2.24) is 25.1 Å². The number of aromatic amines is 1. The number of H-pyrrole nitrogens is 1. The van der Waals surface area contributed by atoms with Gasteiger partial charge in [0.2, 0.25) is 16.9 Å². The molecule has 2 aromatic heterocycles. The minimum absolute atomic E-state index is 0.0645. The summed E-state index contributed by atoms with van der Waals surface area (Å²) < 4.78 is 11.4. The van der Waals surface area contributed by atoms with Crippen molar-refractivity contribution >= 4 is 29.3 Å². The van der Waals surface area contributed by atoms with Crippen LogP contribution in [0.4, 0.5) is 5.69 Å². The van der Waals surface area contributed by atoms with Gasteiger partial charge >= 0.3 is 5.97 Å². The molecule has 180 valence electrons. The lowest BCUT2D eigenvalue weighted by Gasteiger charge is -2.06. The van der Waals surface area contributed by atoms with E-state index in [0.717, 1.165) is 23.1 Å². The molecule has 4 rings (SSSR count). The number of methoxy groups -OCH3 is 1. The summed E-state index contributed by atoms with van der Waals surface area (Å²) in [5.41, 5.74) is 3.17. The third kappa shape index (κ3) is 5.61. The molecule has 11 nitrogen and oxygen atoms in total. The number of hydrogen-bond acceptors (Lipinski definition) is 9. The van der Waals surface area contributed by atoms with Gasteiger partial charge in [-0.3, -0.25) is 9.89 Å². The Morgan fingerprint density at radius 2 is 1.86 bits per heavy atom. The van der Waals surface area contributed by atoms with Crippen molar-refractivity contribution in [3.63, 3.8) is 0 Å². The lowest BCUT2D eigenvalue weighted by Crippen LogP contribution is -2.16. The van der Waals surface area contributed by atoms with Gasteiger partial charge in [0.15, 0.2) is 0 Å². The topological polar surface area (TPSA) is 150 Å². The zero-order chi connectivity index (χ0) is 24.8. The molecule has 1 amide bonds. The molecule has 2 aromatic carbocycles. The highest BCUT2D eigenvalue weighted by atomic mass is 32.2. The van der Waals surface area contributed by atoms with E-state index in [9.17, 15) is 9.59 Å². The van der Waals surface area contributed by atoms with E-state index in [2.05, 4.69) is 25.7 Å². The van der Waals surface area contributed by atoms with Crippen LogP contribution < -0.4 is 15.9 Å². The van der Waals surface area contributed by atoms with Gasteiger partial charge in [0.1, 0.15) is 11.4 Å². The summed E-state index contributed by atoms with van der Waals surface area (Å²) in [4.78, 5) is 24.1. The van der Waals surface area contributed by atoms with E-state index in [1.807, 2.05) is 30.3 Å². The van der Waals surface area contributed by atoms with E-state index in [0.29, 0.717) is 40.2 Å². The van der Waals surface area contributed by atoms with E-state index >= 15 is 0 Å². The summed E-state index contributed by atoms with van der Waals surface area (Å²) in [7, 11) is 1.61. The molecule has 0 saturated heterocycles. The SMILES string of the molecule is CCOC(=O)c1ccc(NC(=O)CSc2nnc(-c3cc(-c4ccc(OC)cc4)n[nH]3)n2N)cc1. The van der Waals surface area contributed by atoms with Crippen LogP contribution in [0.5, 0.6) is 5.75 Å². The number of rotatable bonds is 9. The average Bonchev–Trinajstić information content (AvgIpc) is 3.50. The third-order valence-corrected chi connectivity index (χ3v) is 5.82. The van der Waals surface area contributed by atoms with E-state index in [4.69, 9.17) is 15.3 Å². The standard InChI is InChI=1S/C23H23N7O4S/c1-3-34-22(32)15-4-8-16(9-5-15)25-20(31)13-35-23-29-28-21(30(23)24)19-12-18(26-27-19)14-6-10-17(33-2)11-7-14/h4-12H,3,13,24H2,1-2H3,(H,25,31)(H,26,27). The zero-order valence-electron chi connectivity index (χ0n) is 19.0. The zero-order valence-corrected chi connectivity index (χ0v) is 19.8. The van der Waals surface area contributed by atoms with Crippen LogP contribution in [0.25, 0.3) is 22.8 Å². The molecule has 12 heteroatoms. The van der Waals surface area contributed by atoms with Crippen molar-refractivity contribution in [2.24, 2.45) is 0 Å². The summed E-state index contributed by atoms with van der Waals surface area (Å²) in [6.07, 6.45) is 0. The Morgan fingerprint density at radius 1 is 1.11 bits per heavy atom. The average molecular weight is 494 g/mol. The van der Waals surface area contributed by atoms with Gasteiger partial charge in [-0.1, -0.05) is 11.8 Å². The lowest BCUT2D eigenvalue weighted by molar-refractivity contribution is -0.113. The first-order chi connectivity index (χ1) is 17.0. The number of ether oxygens (including phenoxy) is 2. The smallest absolute Gasteiger partial charge is 0.338 e. The monoisotopic (exact) mass is 493 g/mol. The fraction of sp³-hybridized carbons (Fsp3) is 0.174. The minimum Gasteiger partial charge on any atom is -0.497 e. The number of nitrogens with one attached hydrogen (secondary N) is 2. The van der Waals surface area contributed by atoms with Gasteiger partial charge in [-0.25, -0.2) is 9.47 Å².